The lowest BCUT2D eigenvalue weighted by Gasteiger charge is -2.09. The third-order valence-corrected chi connectivity index (χ3v) is 1.56. The second-order valence-corrected chi connectivity index (χ2v) is 2.46. The predicted molar refractivity (Wildman–Crippen MR) is 44.9 cm³/mol. The van der Waals surface area contributed by atoms with Gasteiger partial charge in [0, 0.05) is 5.56 Å². The maximum absolute atomic E-state index is 13.0. The molecule has 0 spiro atoms. The number of rotatable bonds is 4. The molecule has 0 aliphatic heterocycles. The second kappa shape index (κ2) is 4.79. The van der Waals surface area contributed by atoms with Gasteiger partial charge in [0.2, 0.25) is 0 Å². The Morgan fingerprint density at radius 3 is 2.69 bits per heavy atom. The van der Waals surface area contributed by atoms with Gasteiger partial charge in [-0.1, -0.05) is 12.1 Å². The molecule has 0 bridgehead atoms. The first kappa shape index (κ1) is 9.95. The molecule has 1 rings (SSSR count). The first-order chi connectivity index (χ1) is 6.29. The molecule has 72 valence electrons. The van der Waals surface area contributed by atoms with Gasteiger partial charge in [-0.2, -0.15) is 0 Å². The molecule has 2 N–H and O–H groups in total. The van der Waals surface area contributed by atoms with Gasteiger partial charge in [0.25, 0.3) is 0 Å². The Bertz CT molecular complexity index is 276. The van der Waals surface area contributed by atoms with E-state index in [1.165, 1.54) is 12.1 Å². The largest absolute Gasteiger partial charge is 0.488 e. The molecule has 0 aliphatic rings. The quantitative estimate of drug-likeness (QED) is 0.727. The van der Waals surface area contributed by atoms with Gasteiger partial charge in [0.15, 0.2) is 11.6 Å². The van der Waals surface area contributed by atoms with Crippen molar-refractivity contribution < 1.29 is 19.3 Å². The van der Waals surface area contributed by atoms with Crippen LogP contribution in [0.2, 0.25) is 0 Å². The molecule has 0 aromatic heterocycles. The smallest absolute Gasteiger partial charge is 0.165 e. The summed E-state index contributed by atoms with van der Waals surface area (Å²) in [5.41, 5.74) is 0.383. The molecule has 0 atom stereocenters. The Balaban J connectivity index is 2.87. The summed E-state index contributed by atoms with van der Waals surface area (Å²) in [4.78, 5) is 0. The molecule has 0 saturated carbocycles. The molecule has 3 nitrogen and oxygen atoms in total. The van der Waals surface area contributed by atoms with Crippen molar-refractivity contribution >= 4 is 0 Å². The topological polar surface area (TPSA) is 49.7 Å². The van der Waals surface area contributed by atoms with Crippen molar-refractivity contribution in [2.45, 2.75) is 6.61 Å². The summed E-state index contributed by atoms with van der Waals surface area (Å²) >= 11 is 0. The van der Waals surface area contributed by atoms with Gasteiger partial charge >= 0.3 is 0 Å². The van der Waals surface area contributed by atoms with Crippen LogP contribution < -0.4 is 4.74 Å². The van der Waals surface area contributed by atoms with Gasteiger partial charge in [0.1, 0.15) is 6.61 Å². The fraction of sp³-hybridized carbons (Fsp3) is 0.333. The van der Waals surface area contributed by atoms with Crippen molar-refractivity contribution in [3.05, 3.63) is 29.6 Å². The van der Waals surface area contributed by atoms with Crippen molar-refractivity contribution in [3.8, 4) is 5.75 Å². The Morgan fingerprint density at radius 2 is 2.08 bits per heavy atom. The van der Waals surface area contributed by atoms with E-state index in [4.69, 9.17) is 14.9 Å². The van der Waals surface area contributed by atoms with Crippen molar-refractivity contribution in [2.75, 3.05) is 13.2 Å². The van der Waals surface area contributed by atoms with E-state index in [0.717, 1.165) is 0 Å². The maximum Gasteiger partial charge on any atom is 0.165 e. The SMILES string of the molecule is OCCOc1c(F)cccc1CO. The highest BCUT2D eigenvalue weighted by Gasteiger charge is 2.07. The van der Waals surface area contributed by atoms with Gasteiger partial charge in [-0.25, -0.2) is 4.39 Å². The standard InChI is InChI=1S/C9H11FO3/c10-8-3-1-2-7(6-12)9(8)13-5-4-11/h1-3,11-12H,4-6H2. The number of hydrogen-bond donors (Lipinski definition) is 2. The summed E-state index contributed by atoms with van der Waals surface area (Å²) in [6, 6.07) is 4.30. The minimum absolute atomic E-state index is 0.0130. The Labute approximate surface area is 75.4 Å². The van der Waals surface area contributed by atoms with Crippen molar-refractivity contribution in [1.29, 1.82) is 0 Å². The fourth-order valence-corrected chi connectivity index (χ4v) is 0.987. The molecule has 0 radical (unpaired) electrons. The molecule has 0 unspecified atom stereocenters. The highest BCUT2D eigenvalue weighted by molar-refractivity contribution is 5.34. The zero-order chi connectivity index (χ0) is 9.68. The molecule has 0 saturated heterocycles. The third-order valence-electron chi connectivity index (χ3n) is 1.56. The first-order valence-corrected chi connectivity index (χ1v) is 3.91. The zero-order valence-electron chi connectivity index (χ0n) is 7.03. The van der Waals surface area contributed by atoms with E-state index in [-0.39, 0.29) is 25.6 Å². The van der Waals surface area contributed by atoms with Crippen LogP contribution in [0.15, 0.2) is 18.2 Å². The summed E-state index contributed by atoms with van der Waals surface area (Å²) in [5.74, 6) is -0.515. The van der Waals surface area contributed by atoms with Gasteiger partial charge in [-0.15, -0.1) is 0 Å². The van der Waals surface area contributed by atoms with Crippen LogP contribution in [0.25, 0.3) is 0 Å². The van der Waals surface area contributed by atoms with E-state index in [2.05, 4.69) is 0 Å². The third kappa shape index (κ3) is 2.40. The average Bonchev–Trinajstić information content (AvgIpc) is 2.15. The van der Waals surface area contributed by atoms with Gasteiger partial charge in [-0.05, 0) is 6.07 Å². The van der Waals surface area contributed by atoms with Gasteiger partial charge in [0.05, 0.1) is 13.2 Å². The lowest BCUT2D eigenvalue weighted by Crippen LogP contribution is -2.05. The molecule has 1 aromatic carbocycles. The van der Waals surface area contributed by atoms with Crippen LogP contribution in [0.4, 0.5) is 4.39 Å². The zero-order valence-corrected chi connectivity index (χ0v) is 7.03. The molecular weight excluding hydrogens is 175 g/mol. The van der Waals surface area contributed by atoms with Crippen LogP contribution >= 0.6 is 0 Å². The van der Waals surface area contributed by atoms with Crippen LogP contribution in [0.5, 0.6) is 5.75 Å². The van der Waals surface area contributed by atoms with E-state index in [9.17, 15) is 4.39 Å². The van der Waals surface area contributed by atoms with Gasteiger partial charge < -0.3 is 14.9 Å². The van der Waals surface area contributed by atoms with Crippen LogP contribution in [-0.2, 0) is 6.61 Å². The number of ether oxygens (including phenoxy) is 1. The van der Waals surface area contributed by atoms with E-state index in [0.29, 0.717) is 5.56 Å². The Morgan fingerprint density at radius 1 is 1.31 bits per heavy atom. The summed E-state index contributed by atoms with van der Waals surface area (Å²) in [5, 5.41) is 17.3. The molecule has 0 aliphatic carbocycles. The maximum atomic E-state index is 13.0. The van der Waals surface area contributed by atoms with E-state index < -0.39 is 5.82 Å². The van der Waals surface area contributed by atoms with Crippen molar-refractivity contribution in [3.63, 3.8) is 0 Å². The normalized spacial score (nSPS) is 10.1. The van der Waals surface area contributed by atoms with E-state index in [1.807, 2.05) is 0 Å². The number of benzene rings is 1. The van der Waals surface area contributed by atoms with Crippen molar-refractivity contribution in [1.82, 2.24) is 0 Å². The molecule has 0 fully saturated rings. The van der Waals surface area contributed by atoms with E-state index in [1.54, 1.807) is 6.07 Å². The lowest BCUT2D eigenvalue weighted by atomic mass is 10.2. The molecule has 13 heavy (non-hydrogen) atoms. The lowest BCUT2D eigenvalue weighted by molar-refractivity contribution is 0.190. The Kier molecular flexibility index (Phi) is 3.67. The monoisotopic (exact) mass is 186 g/mol. The van der Waals surface area contributed by atoms with Crippen LogP contribution in [0.1, 0.15) is 5.56 Å². The highest BCUT2D eigenvalue weighted by atomic mass is 19.1. The highest BCUT2D eigenvalue weighted by Crippen LogP contribution is 2.22. The summed E-state index contributed by atoms with van der Waals surface area (Å²) in [6.07, 6.45) is 0. The number of hydrogen-bond acceptors (Lipinski definition) is 3. The van der Waals surface area contributed by atoms with Crippen LogP contribution in [-0.4, -0.2) is 23.4 Å². The van der Waals surface area contributed by atoms with Gasteiger partial charge in [-0.3, -0.25) is 0 Å². The molecule has 0 amide bonds. The number of aliphatic hydroxyl groups is 2. The minimum Gasteiger partial charge on any atom is -0.488 e. The first-order valence-electron chi connectivity index (χ1n) is 3.91. The molecule has 0 heterocycles. The van der Waals surface area contributed by atoms with E-state index >= 15 is 0 Å². The number of halogens is 1. The number of aliphatic hydroxyl groups excluding tert-OH is 2. The summed E-state index contributed by atoms with van der Waals surface area (Å²) in [6.45, 7) is -0.439. The summed E-state index contributed by atoms with van der Waals surface area (Å²) in [7, 11) is 0. The minimum atomic E-state index is -0.528. The second-order valence-electron chi connectivity index (χ2n) is 2.46. The fourth-order valence-electron chi connectivity index (χ4n) is 0.987. The summed E-state index contributed by atoms with van der Waals surface area (Å²) < 4.78 is 18.0. The molecular formula is C9H11FO3. The van der Waals surface area contributed by atoms with Crippen molar-refractivity contribution in [2.24, 2.45) is 0 Å². The van der Waals surface area contributed by atoms with Crippen LogP contribution in [0, 0.1) is 5.82 Å². The Hall–Kier alpha value is -1.13. The number of para-hydroxylation sites is 1. The molecule has 4 heteroatoms. The van der Waals surface area contributed by atoms with Crippen LogP contribution in [0.3, 0.4) is 0 Å². The predicted octanol–water partition coefficient (Wildman–Crippen LogP) is 0.689. The average molecular weight is 186 g/mol. The molecule has 1 aromatic rings.